The van der Waals surface area contributed by atoms with Crippen molar-refractivity contribution in [3.8, 4) is 0 Å². The van der Waals surface area contributed by atoms with Gasteiger partial charge in [-0.25, -0.2) is 0 Å². The summed E-state index contributed by atoms with van der Waals surface area (Å²) in [6.45, 7) is 0.470. The molecule has 1 aromatic heterocycles. The average Bonchev–Trinajstić information content (AvgIpc) is 2.90. The van der Waals surface area contributed by atoms with Gasteiger partial charge in [-0.05, 0) is 24.0 Å². The molecule has 1 aliphatic carbocycles. The number of carbonyl (C=O) groups is 1. The molecule has 14 heavy (non-hydrogen) atoms. The maximum absolute atomic E-state index is 11.3. The minimum Gasteiger partial charge on any atom is -0.348 e. The van der Waals surface area contributed by atoms with E-state index in [9.17, 15) is 4.79 Å². The molecule has 7 nitrogen and oxygen atoms in total. The van der Waals surface area contributed by atoms with Crippen molar-refractivity contribution >= 4 is 5.91 Å². The van der Waals surface area contributed by atoms with E-state index in [0.717, 1.165) is 0 Å². The summed E-state index contributed by atoms with van der Waals surface area (Å²) in [7, 11) is 0. The highest BCUT2D eigenvalue weighted by Crippen LogP contribution is 2.31. The number of tetrazole rings is 1. The summed E-state index contributed by atoms with van der Waals surface area (Å²) in [5.74, 6) is 0.281. The number of aromatic nitrogens is 4. The second-order valence-corrected chi connectivity index (χ2v) is 3.45. The Bertz CT molecular complexity index is 306. The van der Waals surface area contributed by atoms with Crippen LogP contribution in [0, 0.1) is 5.92 Å². The van der Waals surface area contributed by atoms with Crippen LogP contribution in [-0.2, 0) is 0 Å². The van der Waals surface area contributed by atoms with Gasteiger partial charge in [0.15, 0.2) is 0 Å². The first-order valence-corrected chi connectivity index (χ1v) is 4.54. The van der Waals surface area contributed by atoms with Gasteiger partial charge in [0.2, 0.25) is 0 Å². The van der Waals surface area contributed by atoms with Gasteiger partial charge < -0.3 is 11.1 Å². The number of amides is 1. The third kappa shape index (κ3) is 2.05. The highest BCUT2D eigenvalue weighted by Gasteiger charge is 2.28. The van der Waals surface area contributed by atoms with Crippen molar-refractivity contribution in [2.75, 3.05) is 6.54 Å². The number of nitrogens with two attached hydrogens (primary N) is 1. The zero-order valence-electron chi connectivity index (χ0n) is 7.60. The smallest absolute Gasteiger partial charge is 0.292 e. The Kier molecular flexibility index (Phi) is 2.40. The molecule has 1 amide bonds. The van der Waals surface area contributed by atoms with Crippen LogP contribution in [0.3, 0.4) is 0 Å². The van der Waals surface area contributed by atoms with E-state index >= 15 is 0 Å². The summed E-state index contributed by atoms with van der Waals surface area (Å²) in [4.78, 5) is 11.3. The lowest BCUT2D eigenvalue weighted by Crippen LogP contribution is -2.38. The normalized spacial score (nSPS) is 17.8. The van der Waals surface area contributed by atoms with Crippen LogP contribution in [0.15, 0.2) is 0 Å². The van der Waals surface area contributed by atoms with Crippen LogP contribution in [-0.4, -0.2) is 39.1 Å². The first kappa shape index (κ1) is 9.07. The standard InChI is InChI=1S/C7H12N6O/c8-5(4-1-2-4)3-9-7(14)6-10-12-13-11-6/h4-5H,1-3,8H2,(H,9,14)(H,10,11,12,13). The molecule has 1 unspecified atom stereocenters. The second kappa shape index (κ2) is 3.70. The SMILES string of the molecule is NC(CNC(=O)c1nn[nH]n1)C1CC1. The summed E-state index contributed by atoms with van der Waals surface area (Å²) < 4.78 is 0. The van der Waals surface area contributed by atoms with Gasteiger partial charge in [-0.2, -0.15) is 5.21 Å². The molecule has 0 radical (unpaired) electrons. The fourth-order valence-corrected chi connectivity index (χ4v) is 1.24. The van der Waals surface area contributed by atoms with E-state index < -0.39 is 0 Å². The van der Waals surface area contributed by atoms with Crippen molar-refractivity contribution in [2.45, 2.75) is 18.9 Å². The Balaban J connectivity index is 1.77. The lowest BCUT2D eigenvalue weighted by Gasteiger charge is -2.09. The maximum Gasteiger partial charge on any atom is 0.292 e. The van der Waals surface area contributed by atoms with Gasteiger partial charge >= 0.3 is 0 Å². The Morgan fingerprint density at radius 2 is 2.50 bits per heavy atom. The highest BCUT2D eigenvalue weighted by atomic mass is 16.2. The quantitative estimate of drug-likeness (QED) is 0.552. The number of nitrogens with zero attached hydrogens (tertiary/aromatic N) is 3. The zero-order chi connectivity index (χ0) is 9.97. The Hall–Kier alpha value is -1.50. The monoisotopic (exact) mass is 196 g/mol. The summed E-state index contributed by atoms with van der Waals surface area (Å²) >= 11 is 0. The molecule has 1 heterocycles. The minimum absolute atomic E-state index is 0.0471. The molecule has 0 saturated heterocycles. The summed E-state index contributed by atoms with van der Waals surface area (Å²) in [5, 5.41) is 15.3. The summed E-state index contributed by atoms with van der Waals surface area (Å²) in [6.07, 6.45) is 2.33. The topological polar surface area (TPSA) is 110 Å². The Labute approximate surface area is 80.4 Å². The maximum atomic E-state index is 11.3. The van der Waals surface area contributed by atoms with Crippen LogP contribution in [0.25, 0.3) is 0 Å². The lowest BCUT2D eigenvalue weighted by atomic mass is 10.2. The first-order valence-electron chi connectivity index (χ1n) is 4.54. The van der Waals surface area contributed by atoms with Gasteiger partial charge in [-0.3, -0.25) is 4.79 Å². The van der Waals surface area contributed by atoms with Crippen LogP contribution in [0.5, 0.6) is 0 Å². The molecule has 7 heteroatoms. The molecule has 0 bridgehead atoms. The van der Waals surface area contributed by atoms with Crippen LogP contribution in [0.1, 0.15) is 23.5 Å². The summed E-state index contributed by atoms with van der Waals surface area (Å²) in [5.41, 5.74) is 5.80. The molecular formula is C7H12N6O. The third-order valence-electron chi connectivity index (χ3n) is 2.27. The molecule has 1 atom stereocenters. The van der Waals surface area contributed by atoms with E-state index in [4.69, 9.17) is 5.73 Å². The molecule has 1 saturated carbocycles. The molecule has 1 aliphatic rings. The predicted octanol–water partition coefficient (Wildman–Crippen LogP) is -1.33. The number of rotatable bonds is 4. The van der Waals surface area contributed by atoms with Crippen molar-refractivity contribution in [2.24, 2.45) is 11.7 Å². The second-order valence-electron chi connectivity index (χ2n) is 3.45. The molecule has 0 aliphatic heterocycles. The highest BCUT2D eigenvalue weighted by molar-refractivity contribution is 5.90. The molecule has 1 fully saturated rings. The number of nitrogens with one attached hydrogen (secondary N) is 2. The molecule has 2 rings (SSSR count). The number of hydrogen-bond acceptors (Lipinski definition) is 5. The van der Waals surface area contributed by atoms with Crippen LogP contribution >= 0.6 is 0 Å². The van der Waals surface area contributed by atoms with Crippen molar-refractivity contribution < 1.29 is 4.79 Å². The van der Waals surface area contributed by atoms with E-state index in [2.05, 4.69) is 25.9 Å². The van der Waals surface area contributed by atoms with Crippen LogP contribution < -0.4 is 11.1 Å². The van der Waals surface area contributed by atoms with Crippen molar-refractivity contribution in [1.29, 1.82) is 0 Å². The molecule has 1 aromatic rings. The minimum atomic E-state index is -0.338. The van der Waals surface area contributed by atoms with Gasteiger partial charge in [-0.1, -0.05) is 0 Å². The fourth-order valence-electron chi connectivity index (χ4n) is 1.24. The number of H-pyrrole nitrogens is 1. The Morgan fingerprint density at radius 1 is 1.71 bits per heavy atom. The van der Waals surface area contributed by atoms with E-state index in [1.54, 1.807) is 0 Å². The molecular weight excluding hydrogens is 184 g/mol. The van der Waals surface area contributed by atoms with E-state index in [1.807, 2.05) is 0 Å². The number of aromatic amines is 1. The molecule has 0 aromatic carbocycles. The van der Waals surface area contributed by atoms with Crippen molar-refractivity contribution in [3.05, 3.63) is 5.82 Å². The van der Waals surface area contributed by atoms with E-state index in [-0.39, 0.29) is 17.8 Å². The molecule has 4 N–H and O–H groups in total. The van der Waals surface area contributed by atoms with Gasteiger partial charge in [0.05, 0.1) is 0 Å². The van der Waals surface area contributed by atoms with Crippen molar-refractivity contribution in [3.63, 3.8) is 0 Å². The van der Waals surface area contributed by atoms with Crippen molar-refractivity contribution in [1.82, 2.24) is 25.9 Å². The van der Waals surface area contributed by atoms with E-state index in [1.165, 1.54) is 12.8 Å². The predicted molar refractivity (Wildman–Crippen MR) is 47.2 cm³/mol. The lowest BCUT2D eigenvalue weighted by molar-refractivity contribution is 0.0940. The summed E-state index contributed by atoms with van der Waals surface area (Å²) in [6, 6.07) is 0.0471. The van der Waals surface area contributed by atoms with Gasteiger partial charge in [0, 0.05) is 12.6 Å². The van der Waals surface area contributed by atoms with Gasteiger partial charge in [-0.15, -0.1) is 10.2 Å². The Morgan fingerprint density at radius 3 is 3.07 bits per heavy atom. The first-order chi connectivity index (χ1) is 6.77. The zero-order valence-corrected chi connectivity index (χ0v) is 7.60. The van der Waals surface area contributed by atoms with Crippen LogP contribution in [0.2, 0.25) is 0 Å². The largest absolute Gasteiger partial charge is 0.348 e. The molecule has 76 valence electrons. The fraction of sp³-hybridized carbons (Fsp3) is 0.714. The van der Waals surface area contributed by atoms with Crippen LogP contribution in [0.4, 0.5) is 0 Å². The van der Waals surface area contributed by atoms with Gasteiger partial charge in [0.1, 0.15) is 0 Å². The third-order valence-corrected chi connectivity index (χ3v) is 2.27. The van der Waals surface area contributed by atoms with Gasteiger partial charge in [0.25, 0.3) is 11.7 Å². The number of hydrogen-bond donors (Lipinski definition) is 3. The van der Waals surface area contributed by atoms with E-state index in [0.29, 0.717) is 12.5 Å². The molecule has 0 spiro atoms. The average molecular weight is 196 g/mol. The number of carbonyl (C=O) groups excluding carboxylic acids is 1.